The van der Waals surface area contributed by atoms with Gasteiger partial charge in [-0.1, -0.05) is 12.1 Å². The van der Waals surface area contributed by atoms with Crippen LogP contribution < -0.4 is 5.32 Å². The van der Waals surface area contributed by atoms with Crippen LogP contribution in [0.5, 0.6) is 0 Å². The summed E-state index contributed by atoms with van der Waals surface area (Å²) in [6.45, 7) is 4.91. The van der Waals surface area contributed by atoms with Gasteiger partial charge in [0.2, 0.25) is 5.91 Å². The Bertz CT molecular complexity index is 501. The van der Waals surface area contributed by atoms with Gasteiger partial charge in [-0.05, 0) is 19.2 Å². The molecule has 1 amide bonds. The number of likely N-dealkylation sites (N-methyl/N-ethyl adjacent to an activating group) is 1. The van der Waals surface area contributed by atoms with Gasteiger partial charge in [0.1, 0.15) is 6.07 Å². The van der Waals surface area contributed by atoms with Gasteiger partial charge in [0.25, 0.3) is 0 Å². The Kier molecular flexibility index (Phi) is 5.10. The molecule has 1 N–H and O–H groups in total. The Labute approximate surface area is 119 Å². The Balaban J connectivity index is 1.80. The van der Waals surface area contributed by atoms with Crippen LogP contribution in [0.3, 0.4) is 0 Å². The number of nitrogens with zero attached hydrogens (tertiary/aromatic N) is 3. The molecule has 5 nitrogen and oxygen atoms in total. The van der Waals surface area contributed by atoms with Crippen LogP contribution in [0.1, 0.15) is 12.0 Å². The maximum Gasteiger partial charge on any atom is 0.225 e. The van der Waals surface area contributed by atoms with E-state index in [1.54, 1.807) is 18.2 Å². The molecule has 1 aliphatic rings. The van der Waals surface area contributed by atoms with Crippen molar-refractivity contribution in [2.24, 2.45) is 0 Å². The van der Waals surface area contributed by atoms with Crippen molar-refractivity contribution < 1.29 is 4.79 Å². The van der Waals surface area contributed by atoms with Crippen LogP contribution in [-0.4, -0.2) is 55.5 Å². The molecular weight excluding hydrogens is 252 g/mol. The topological polar surface area (TPSA) is 59.4 Å². The Morgan fingerprint density at radius 3 is 2.70 bits per heavy atom. The van der Waals surface area contributed by atoms with Crippen LogP contribution >= 0.6 is 0 Å². The fourth-order valence-electron chi connectivity index (χ4n) is 2.23. The number of piperazine rings is 1. The zero-order valence-electron chi connectivity index (χ0n) is 11.8. The van der Waals surface area contributed by atoms with Gasteiger partial charge in [-0.15, -0.1) is 0 Å². The minimum Gasteiger partial charge on any atom is -0.325 e. The van der Waals surface area contributed by atoms with E-state index in [0.29, 0.717) is 17.7 Å². The molecule has 0 aliphatic carbocycles. The van der Waals surface area contributed by atoms with E-state index in [9.17, 15) is 4.79 Å². The fourth-order valence-corrected chi connectivity index (χ4v) is 2.23. The Morgan fingerprint density at radius 1 is 1.30 bits per heavy atom. The maximum absolute atomic E-state index is 11.9. The van der Waals surface area contributed by atoms with Crippen molar-refractivity contribution in [2.75, 3.05) is 45.1 Å². The second kappa shape index (κ2) is 7.04. The summed E-state index contributed by atoms with van der Waals surface area (Å²) in [4.78, 5) is 16.5. The zero-order chi connectivity index (χ0) is 14.4. The molecule has 1 aromatic carbocycles. The highest BCUT2D eigenvalue weighted by Gasteiger charge is 2.15. The number of carbonyl (C=O) groups is 1. The minimum absolute atomic E-state index is 0.0355. The molecule has 1 heterocycles. The largest absolute Gasteiger partial charge is 0.325 e. The number of nitrogens with one attached hydrogen (secondary N) is 1. The highest BCUT2D eigenvalue weighted by Crippen LogP contribution is 2.13. The third-order valence-electron chi connectivity index (χ3n) is 3.57. The lowest BCUT2D eigenvalue weighted by molar-refractivity contribution is -0.116. The van der Waals surface area contributed by atoms with Gasteiger partial charge in [-0.25, -0.2) is 0 Å². The number of benzene rings is 1. The second-order valence-electron chi connectivity index (χ2n) is 5.10. The first-order valence-corrected chi connectivity index (χ1v) is 6.89. The average Bonchev–Trinajstić information content (AvgIpc) is 2.47. The molecule has 0 atom stereocenters. The molecule has 5 heteroatoms. The van der Waals surface area contributed by atoms with Crippen molar-refractivity contribution >= 4 is 11.6 Å². The predicted octanol–water partition coefficient (Wildman–Crippen LogP) is 1.13. The quantitative estimate of drug-likeness (QED) is 0.893. The van der Waals surface area contributed by atoms with Crippen molar-refractivity contribution in [1.82, 2.24) is 9.80 Å². The van der Waals surface area contributed by atoms with Gasteiger partial charge in [-0.2, -0.15) is 5.26 Å². The maximum atomic E-state index is 11.9. The average molecular weight is 272 g/mol. The highest BCUT2D eigenvalue weighted by atomic mass is 16.1. The van der Waals surface area contributed by atoms with Crippen molar-refractivity contribution in [3.63, 3.8) is 0 Å². The molecule has 0 bridgehead atoms. The predicted molar refractivity (Wildman–Crippen MR) is 78.3 cm³/mol. The molecule has 0 saturated carbocycles. The Hall–Kier alpha value is -1.90. The van der Waals surface area contributed by atoms with Crippen LogP contribution in [0.15, 0.2) is 24.3 Å². The molecule has 1 saturated heterocycles. The highest BCUT2D eigenvalue weighted by molar-refractivity contribution is 5.92. The molecule has 0 aromatic heterocycles. The third-order valence-corrected chi connectivity index (χ3v) is 3.57. The van der Waals surface area contributed by atoms with Crippen LogP contribution in [0.25, 0.3) is 0 Å². The van der Waals surface area contributed by atoms with E-state index in [0.717, 1.165) is 32.7 Å². The van der Waals surface area contributed by atoms with Gasteiger partial charge in [0, 0.05) is 39.1 Å². The standard InChI is InChI=1S/C15H20N4O/c1-18-8-10-19(11-9-18)7-6-15(20)17-14-5-3-2-4-13(14)12-16/h2-5H,6-11H2,1H3,(H,17,20). The molecule has 106 valence electrons. The molecule has 1 fully saturated rings. The van der Waals surface area contributed by atoms with Gasteiger partial charge >= 0.3 is 0 Å². The van der Waals surface area contributed by atoms with Crippen LogP contribution in [0, 0.1) is 11.3 Å². The summed E-state index contributed by atoms with van der Waals surface area (Å²) in [5.74, 6) is -0.0355. The molecular formula is C15H20N4O. The molecule has 1 aliphatic heterocycles. The van der Waals surface area contributed by atoms with Gasteiger partial charge < -0.3 is 15.1 Å². The fraction of sp³-hybridized carbons (Fsp3) is 0.467. The molecule has 1 aromatic rings. The van der Waals surface area contributed by atoms with E-state index in [1.165, 1.54) is 0 Å². The van der Waals surface area contributed by atoms with E-state index in [4.69, 9.17) is 5.26 Å². The monoisotopic (exact) mass is 272 g/mol. The summed E-state index contributed by atoms with van der Waals surface area (Å²) < 4.78 is 0. The van der Waals surface area contributed by atoms with Crippen molar-refractivity contribution in [1.29, 1.82) is 5.26 Å². The minimum atomic E-state index is -0.0355. The van der Waals surface area contributed by atoms with Gasteiger partial charge in [0.15, 0.2) is 0 Å². The van der Waals surface area contributed by atoms with E-state index in [-0.39, 0.29) is 5.91 Å². The summed E-state index contributed by atoms with van der Waals surface area (Å²) in [6.07, 6.45) is 0.462. The SMILES string of the molecule is CN1CCN(CCC(=O)Nc2ccccc2C#N)CC1. The first-order valence-electron chi connectivity index (χ1n) is 6.89. The zero-order valence-corrected chi connectivity index (χ0v) is 11.8. The molecule has 0 spiro atoms. The summed E-state index contributed by atoms with van der Waals surface area (Å²) in [5, 5.41) is 11.8. The van der Waals surface area contributed by atoms with Crippen LogP contribution in [0.4, 0.5) is 5.69 Å². The summed E-state index contributed by atoms with van der Waals surface area (Å²) in [5.41, 5.74) is 1.10. The number of amides is 1. The summed E-state index contributed by atoms with van der Waals surface area (Å²) in [6, 6.07) is 9.15. The van der Waals surface area contributed by atoms with E-state index in [1.807, 2.05) is 6.07 Å². The number of anilines is 1. The lowest BCUT2D eigenvalue weighted by Crippen LogP contribution is -2.45. The first kappa shape index (κ1) is 14.5. The number of hydrogen-bond donors (Lipinski definition) is 1. The molecule has 0 radical (unpaired) electrons. The number of carbonyl (C=O) groups excluding carboxylic acids is 1. The van der Waals surface area contributed by atoms with E-state index in [2.05, 4.69) is 28.2 Å². The van der Waals surface area contributed by atoms with Crippen LogP contribution in [-0.2, 0) is 4.79 Å². The van der Waals surface area contributed by atoms with E-state index < -0.39 is 0 Å². The van der Waals surface area contributed by atoms with Gasteiger partial charge in [0.05, 0.1) is 11.3 Å². The van der Waals surface area contributed by atoms with Crippen molar-refractivity contribution in [3.05, 3.63) is 29.8 Å². The second-order valence-corrected chi connectivity index (χ2v) is 5.10. The molecule has 20 heavy (non-hydrogen) atoms. The number of nitriles is 1. The molecule has 2 rings (SSSR count). The molecule has 0 unspecified atom stereocenters. The number of rotatable bonds is 4. The summed E-state index contributed by atoms with van der Waals surface area (Å²) in [7, 11) is 2.11. The first-order chi connectivity index (χ1) is 9.69. The van der Waals surface area contributed by atoms with Gasteiger partial charge in [-0.3, -0.25) is 4.79 Å². The smallest absolute Gasteiger partial charge is 0.225 e. The number of hydrogen-bond acceptors (Lipinski definition) is 4. The summed E-state index contributed by atoms with van der Waals surface area (Å²) >= 11 is 0. The van der Waals surface area contributed by atoms with Crippen LogP contribution in [0.2, 0.25) is 0 Å². The lowest BCUT2D eigenvalue weighted by Gasteiger charge is -2.32. The Morgan fingerprint density at radius 2 is 2.00 bits per heavy atom. The normalized spacial score (nSPS) is 16.6. The van der Waals surface area contributed by atoms with Crippen molar-refractivity contribution in [2.45, 2.75) is 6.42 Å². The van der Waals surface area contributed by atoms with E-state index >= 15 is 0 Å². The number of para-hydroxylation sites is 1. The third kappa shape index (κ3) is 4.05. The van der Waals surface area contributed by atoms with Crippen molar-refractivity contribution in [3.8, 4) is 6.07 Å². The lowest BCUT2D eigenvalue weighted by atomic mass is 10.2.